The highest BCUT2D eigenvalue weighted by Gasteiger charge is 2.13. The Morgan fingerprint density at radius 1 is 0.885 bits per heavy atom. The molecule has 0 bridgehead atoms. The monoisotopic (exact) mass is 346 g/mol. The van der Waals surface area contributed by atoms with Crippen molar-refractivity contribution in [1.82, 2.24) is 5.32 Å². The van der Waals surface area contributed by atoms with Gasteiger partial charge in [0.25, 0.3) is 5.91 Å². The summed E-state index contributed by atoms with van der Waals surface area (Å²) in [5.41, 5.74) is 6.91. The number of rotatable bonds is 6. The van der Waals surface area contributed by atoms with Crippen molar-refractivity contribution in [2.75, 3.05) is 0 Å². The van der Waals surface area contributed by atoms with Gasteiger partial charge in [0, 0.05) is 12.1 Å². The minimum absolute atomic E-state index is 0.263. The minimum Gasteiger partial charge on any atom is -0.457 e. The summed E-state index contributed by atoms with van der Waals surface area (Å²) in [6.07, 6.45) is 0. The van der Waals surface area contributed by atoms with Gasteiger partial charge in [-0.15, -0.1) is 0 Å². The zero-order valence-corrected chi connectivity index (χ0v) is 14.0. The molecule has 5 heteroatoms. The number of hydrogen-bond donors (Lipinski definition) is 2. The summed E-state index contributed by atoms with van der Waals surface area (Å²) in [6, 6.07) is 23.2. The quantitative estimate of drug-likeness (QED) is 0.717. The molecule has 3 aromatic carbocycles. The molecule has 0 fully saturated rings. The Bertz CT molecular complexity index is 923. The molecule has 130 valence electrons. The number of ether oxygens (including phenoxy) is 1. The van der Waals surface area contributed by atoms with Crippen molar-refractivity contribution in [2.24, 2.45) is 5.73 Å². The van der Waals surface area contributed by atoms with Crippen LogP contribution in [0.1, 0.15) is 26.3 Å². The summed E-state index contributed by atoms with van der Waals surface area (Å²) in [7, 11) is 0. The number of para-hydroxylation sites is 2. The van der Waals surface area contributed by atoms with E-state index in [0.717, 1.165) is 5.56 Å². The van der Waals surface area contributed by atoms with E-state index in [1.54, 1.807) is 36.4 Å². The zero-order valence-electron chi connectivity index (χ0n) is 14.0. The molecule has 0 aliphatic rings. The fourth-order valence-corrected chi connectivity index (χ4v) is 2.47. The number of nitrogens with one attached hydrogen (secondary N) is 1. The molecule has 0 radical (unpaired) electrons. The van der Waals surface area contributed by atoms with E-state index in [2.05, 4.69) is 5.32 Å². The highest BCUT2D eigenvalue weighted by molar-refractivity contribution is 5.97. The molecule has 0 aliphatic heterocycles. The van der Waals surface area contributed by atoms with Crippen LogP contribution < -0.4 is 15.8 Å². The van der Waals surface area contributed by atoms with E-state index >= 15 is 0 Å². The minimum atomic E-state index is -0.500. The number of nitrogens with two attached hydrogens (primary N) is 1. The van der Waals surface area contributed by atoms with E-state index in [9.17, 15) is 9.59 Å². The van der Waals surface area contributed by atoms with Crippen molar-refractivity contribution in [3.8, 4) is 11.5 Å². The first-order valence-corrected chi connectivity index (χ1v) is 8.12. The van der Waals surface area contributed by atoms with E-state index in [4.69, 9.17) is 10.5 Å². The summed E-state index contributed by atoms with van der Waals surface area (Å²) in [4.78, 5) is 23.8. The molecule has 0 saturated heterocycles. The predicted molar refractivity (Wildman–Crippen MR) is 99.1 cm³/mol. The van der Waals surface area contributed by atoms with Crippen molar-refractivity contribution in [3.05, 3.63) is 95.6 Å². The van der Waals surface area contributed by atoms with Gasteiger partial charge in [0.1, 0.15) is 11.5 Å². The van der Waals surface area contributed by atoms with Crippen LogP contribution in [0.5, 0.6) is 11.5 Å². The first-order chi connectivity index (χ1) is 12.6. The van der Waals surface area contributed by atoms with Crippen molar-refractivity contribution in [2.45, 2.75) is 6.54 Å². The van der Waals surface area contributed by atoms with Crippen LogP contribution >= 0.6 is 0 Å². The predicted octanol–water partition coefficient (Wildman–Crippen LogP) is 3.51. The SMILES string of the molecule is NC(=O)c1cccc(CNC(=O)c2ccccc2Oc2ccccc2)c1. The summed E-state index contributed by atoms with van der Waals surface area (Å²) in [6.45, 7) is 0.277. The topological polar surface area (TPSA) is 81.4 Å². The largest absolute Gasteiger partial charge is 0.457 e. The molecule has 0 heterocycles. The number of amides is 2. The van der Waals surface area contributed by atoms with Gasteiger partial charge in [-0.25, -0.2) is 0 Å². The summed E-state index contributed by atoms with van der Waals surface area (Å²) in [5.74, 6) is 0.366. The molecule has 2 amide bonds. The van der Waals surface area contributed by atoms with Crippen LogP contribution in [0.2, 0.25) is 0 Å². The summed E-state index contributed by atoms with van der Waals surface area (Å²) >= 11 is 0. The van der Waals surface area contributed by atoms with Crippen molar-refractivity contribution in [1.29, 1.82) is 0 Å². The van der Waals surface area contributed by atoms with Gasteiger partial charge in [0.15, 0.2) is 0 Å². The first-order valence-electron chi connectivity index (χ1n) is 8.12. The third-order valence-corrected chi connectivity index (χ3v) is 3.77. The van der Waals surface area contributed by atoms with Crippen molar-refractivity contribution >= 4 is 11.8 Å². The standard InChI is InChI=1S/C21H18N2O3/c22-20(24)16-8-6-7-15(13-16)14-23-21(25)18-11-4-5-12-19(18)26-17-9-2-1-3-10-17/h1-13H,14H2,(H2,22,24)(H,23,25). The Morgan fingerprint density at radius 2 is 1.62 bits per heavy atom. The molecule has 3 rings (SSSR count). The number of primary amides is 1. The second kappa shape index (κ2) is 7.98. The van der Waals surface area contributed by atoms with E-state index < -0.39 is 5.91 Å². The number of carbonyl (C=O) groups is 2. The Hall–Kier alpha value is -3.60. The third kappa shape index (κ3) is 4.27. The molecule has 0 atom stereocenters. The Labute approximate surface area is 151 Å². The second-order valence-corrected chi connectivity index (χ2v) is 5.66. The maximum atomic E-state index is 12.6. The maximum absolute atomic E-state index is 12.6. The van der Waals surface area contributed by atoms with Crippen LogP contribution in [0.4, 0.5) is 0 Å². The summed E-state index contributed by atoms with van der Waals surface area (Å²) < 4.78 is 5.81. The molecule has 0 saturated carbocycles. The second-order valence-electron chi connectivity index (χ2n) is 5.66. The molecule has 3 aromatic rings. The normalized spacial score (nSPS) is 10.2. The Balaban J connectivity index is 1.72. The van der Waals surface area contributed by atoms with Gasteiger partial charge in [0.2, 0.25) is 5.91 Å². The van der Waals surface area contributed by atoms with Crippen LogP contribution in [-0.2, 0) is 6.54 Å². The average Bonchev–Trinajstić information content (AvgIpc) is 2.67. The van der Waals surface area contributed by atoms with Crippen LogP contribution in [0.25, 0.3) is 0 Å². The molecule has 0 unspecified atom stereocenters. The lowest BCUT2D eigenvalue weighted by Crippen LogP contribution is -2.23. The molecular weight excluding hydrogens is 328 g/mol. The fraction of sp³-hybridized carbons (Fsp3) is 0.0476. The van der Waals surface area contributed by atoms with Gasteiger partial charge in [-0.05, 0) is 42.0 Å². The van der Waals surface area contributed by atoms with Crippen molar-refractivity contribution < 1.29 is 14.3 Å². The van der Waals surface area contributed by atoms with Crippen molar-refractivity contribution in [3.63, 3.8) is 0 Å². The molecule has 3 N–H and O–H groups in total. The molecule has 0 aromatic heterocycles. The van der Waals surface area contributed by atoms with Gasteiger partial charge in [-0.1, -0.05) is 42.5 Å². The highest BCUT2D eigenvalue weighted by atomic mass is 16.5. The molecule has 5 nitrogen and oxygen atoms in total. The molecule has 0 spiro atoms. The van der Waals surface area contributed by atoms with E-state index in [1.165, 1.54) is 0 Å². The van der Waals surface area contributed by atoms with Gasteiger partial charge < -0.3 is 15.8 Å². The van der Waals surface area contributed by atoms with Crippen LogP contribution in [0.3, 0.4) is 0 Å². The smallest absolute Gasteiger partial charge is 0.255 e. The Kier molecular flexibility index (Phi) is 5.29. The van der Waals surface area contributed by atoms with E-state index in [1.807, 2.05) is 42.5 Å². The molecule has 0 aliphatic carbocycles. The lowest BCUT2D eigenvalue weighted by molar-refractivity contribution is 0.0948. The number of carbonyl (C=O) groups excluding carboxylic acids is 2. The van der Waals surface area contributed by atoms with Gasteiger partial charge >= 0.3 is 0 Å². The van der Waals surface area contributed by atoms with Crippen LogP contribution in [-0.4, -0.2) is 11.8 Å². The molecule has 26 heavy (non-hydrogen) atoms. The average molecular weight is 346 g/mol. The first kappa shape index (κ1) is 17.2. The lowest BCUT2D eigenvalue weighted by atomic mass is 10.1. The Morgan fingerprint density at radius 3 is 2.38 bits per heavy atom. The van der Waals surface area contributed by atoms with E-state index in [0.29, 0.717) is 22.6 Å². The molecular formula is C21H18N2O3. The number of hydrogen-bond acceptors (Lipinski definition) is 3. The zero-order chi connectivity index (χ0) is 18.4. The summed E-state index contributed by atoms with van der Waals surface area (Å²) in [5, 5.41) is 2.84. The van der Waals surface area contributed by atoms with Crippen LogP contribution in [0, 0.1) is 0 Å². The maximum Gasteiger partial charge on any atom is 0.255 e. The van der Waals surface area contributed by atoms with Gasteiger partial charge in [-0.2, -0.15) is 0 Å². The fourth-order valence-electron chi connectivity index (χ4n) is 2.47. The van der Waals surface area contributed by atoms with Gasteiger partial charge in [-0.3, -0.25) is 9.59 Å². The highest BCUT2D eigenvalue weighted by Crippen LogP contribution is 2.25. The van der Waals surface area contributed by atoms with Crippen LogP contribution in [0.15, 0.2) is 78.9 Å². The number of benzene rings is 3. The lowest BCUT2D eigenvalue weighted by Gasteiger charge is -2.11. The van der Waals surface area contributed by atoms with Gasteiger partial charge in [0.05, 0.1) is 5.56 Å². The third-order valence-electron chi connectivity index (χ3n) is 3.77. The van der Waals surface area contributed by atoms with E-state index in [-0.39, 0.29) is 12.5 Å².